The summed E-state index contributed by atoms with van der Waals surface area (Å²) < 4.78 is 51.5. The number of carbonyl (C=O) groups is 1. The van der Waals surface area contributed by atoms with Gasteiger partial charge in [0.15, 0.2) is 16.3 Å². The van der Waals surface area contributed by atoms with Crippen LogP contribution in [-0.4, -0.2) is 27.8 Å². The molecule has 2 aliphatic rings. The van der Waals surface area contributed by atoms with E-state index in [9.17, 15) is 18.0 Å². The molecule has 2 amide bonds. The number of hydrogen-bond acceptors (Lipinski definition) is 4. The van der Waals surface area contributed by atoms with Crippen LogP contribution in [0.5, 0.6) is 11.5 Å². The number of nitrogens with zero attached hydrogens (tertiary/aromatic N) is 3. The van der Waals surface area contributed by atoms with Gasteiger partial charge < -0.3 is 14.4 Å². The molecule has 2 aromatic carbocycles. The molecule has 3 aromatic rings. The van der Waals surface area contributed by atoms with E-state index >= 15 is 0 Å². The Hall–Kier alpha value is -3.27. The Morgan fingerprint density at radius 1 is 1.22 bits per heavy atom. The Bertz CT molecular complexity index is 1270. The molecule has 1 fully saturated rings. The first-order valence-electron chi connectivity index (χ1n) is 9.97. The van der Waals surface area contributed by atoms with Gasteiger partial charge >= 0.3 is 12.3 Å². The van der Waals surface area contributed by atoms with E-state index in [-0.39, 0.29) is 29.9 Å². The summed E-state index contributed by atoms with van der Waals surface area (Å²) in [5, 5.41) is 0. The number of carbonyl (C=O) groups excluding carboxylic acids is 1. The van der Waals surface area contributed by atoms with Crippen LogP contribution in [0.3, 0.4) is 0 Å². The second kappa shape index (κ2) is 7.70. The Labute approximate surface area is 185 Å². The van der Waals surface area contributed by atoms with Gasteiger partial charge in [-0.3, -0.25) is 4.57 Å². The molecule has 0 N–H and O–H groups in total. The van der Waals surface area contributed by atoms with Crippen molar-refractivity contribution in [3.8, 4) is 17.2 Å². The molecular weight excluding hydrogens is 443 g/mol. The highest BCUT2D eigenvalue weighted by molar-refractivity contribution is 7.09. The van der Waals surface area contributed by atoms with Gasteiger partial charge in [0.2, 0.25) is 0 Å². The van der Waals surface area contributed by atoms with E-state index < -0.39 is 12.3 Å². The molecule has 1 aliphatic carbocycles. The number of benzene rings is 2. The molecule has 166 valence electrons. The molecule has 1 aromatic heterocycles. The molecule has 5 rings (SSSR count). The van der Waals surface area contributed by atoms with Gasteiger partial charge in [0, 0.05) is 28.7 Å². The second-order valence-electron chi connectivity index (χ2n) is 7.64. The molecule has 10 heteroatoms. The molecule has 0 spiro atoms. The van der Waals surface area contributed by atoms with Crippen LogP contribution in [0.1, 0.15) is 23.3 Å². The van der Waals surface area contributed by atoms with Gasteiger partial charge in [-0.1, -0.05) is 18.2 Å². The number of ether oxygens (including phenoxy) is 2. The molecular formula is C22H18F3N3O3S. The highest BCUT2D eigenvalue weighted by Crippen LogP contribution is 2.41. The van der Waals surface area contributed by atoms with Crippen molar-refractivity contribution in [2.45, 2.75) is 38.6 Å². The van der Waals surface area contributed by atoms with E-state index in [1.54, 1.807) is 39.9 Å². The normalized spacial score (nSPS) is 16.9. The summed E-state index contributed by atoms with van der Waals surface area (Å²) in [6.07, 6.45) is -0.271. The monoisotopic (exact) mass is 461 g/mol. The van der Waals surface area contributed by atoms with Crippen LogP contribution >= 0.6 is 11.3 Å². The average Bonchev–Trinajstić information content (AvgIpc) is 3.43. The summed E-state index contributed by atoms with van der Waals surface area (Å²) in [5.41, 5.74) is 0.919. The van der Waals surface area contributed by atoms with Gasteiger partial charge in [-0.15, -0.1) is 20.1 Å². The maximum atomic E-state index is 14.1. The van der Waals surface area contributed by atoms with Gasteiger partial charge in [0.05, 0.1) is 12.2 Å². The van der Waals surface area contributed by atoms with Crippen LogP contribution in [-0.2, 0) is 6.54 Å². The number of fused-ring (bicyclic) bond motifs is 1. The van der Waals surface area contributed by atoms with Crippen LogP contribution in [0.2, 0.25) is 0 Å². The predicted molar refractivity (Wildman–Crippen MR) is 111 cm³/mol. The first-order valence-corrected chi connectivity index (χ1v) is 10.8. The topological polar surface area (TPSA) is 56.1 Å². The number of aromatic nitrogens is 1. The SMILES string of the molecule is Cc1cn(-c2ccc3c(c2)OC(F)(F)O3)/c(=N/C(=O)N(Cc2ccccc2F)C2CC2)s1. The second-order valence-corrected chi connectivity index (χ2v) is 8.85. The van der Waals surface area contributed by atoms with Gasteiger partial charge in [0.25, 0.3) is 0 Å². The Morgan fingerprint density at radius 2 is 1.97 bits per heavy atom. The zero-order chi connectivity index (χ0) is 22.5. The number of halogens is 3. The summed E-state index contributed by atoms with van der Waals surface area (Å²) in [6.45, 7) is 1.98. The molecule has 0 atom stereocenters. The molecule has 0 saturated heterocycles. The van der Waals surface area contributed by atoms with Crippen LogP contribution in [0.25, 0.3) is 5.69 Å². The van der Waals surface area contributed by atoms with Crippen molar-refractivity contribution < 1.29 is 27.4 Å². The fourth-order valence-corrected chi connectivity index (χ4v) is 4.33. The van der Waals surface area contributed by atoms with Crippen LogP contribution in [0.15, 0.2) is 53.7 Å². The van der Waals surface area contributed by atoms with Crippen molar-refractivity contribution in [1.82, 2.24) is 9.47 Å². The number of alkyl halides is 2. The smallest absolute Gasteiger partial charge is 0.395 e. The number of aryl methyl sites for hydroxylation is 1. The summed E-state index contributed by atoms with van der Waals surface area (Å²) in [6, 6.07) is 10.3. The van der Waals surface area contributed by atoms with Crippen molar-refractivity contribution in [2.75, 3.05) is 0 Å². The van der Waals surface area contributed by atoms with Gasteiger partial charge in [-0.05, 0) is 38.0 Å². The third-order valence-corrected chi connectivity index (χ3v) is 6.05. The third-order valence-electron chi connectivity index (χ3n) is 5.16. The van der Waals surface area contributed by atoms with Gasteiger partial charge in [0.1, 0.15) is 5.82 Å². The van der Waals surface area contributed by atoms with Crippen LogP contribution in [0, 0.1) is 12.7 Å². The zero-order valence-electron chi connectivity index (χ0n) is 16.9. The van der Waals surface area contributed by atoms with Crippen molar-refractivity contribution in [2.24, 2.45) is 4.99 Å². The standard InChI is InChI=1S/C22H18F3N3O3S/c1-13-11-28(16-8-9-18-19(10-16)31-22(24,25)30-18)21(32-13)26-20(29)27(15-6-7-15)12-14-4-2-3-5-17(14)23/h2-5,8-11,15H,6-7,12H2,1H3/b26-21-. The van der Waals surface area contributed by atoms with Gasteiger partial charge in [-0.2, -0.15) is 4.99 Å². The lowest BCUT2D eigenvalue weighted by Gasteiger charge is -2.20. The molecule has 0 bridgehead atoms. The predicted octanol–water partition coefficient (Wildman–Crippen LogP) is 4.99. The Kier molecular flexibility index (Phi) is 4.96. The minimum atomic E-state index is -3.71. The van der Waals surface area contributed by atoms with E-state index in [0.29, 0.717) is 16.1 Å². The lowest BCUT2D eigenvalue weighted by molar-refractivity contribution is -0.286. The lowest BCUT2D eigenvalue weighted by Crippen LogP contribution is -2.32. The molecule has 1 aliphatic heterocycles. The quantitative estimate of drug-likeness (QED) is 0.550. The summed E-state index contributed by atoms with van der Waals surface area (Å²) in [5.74, 6) is -0.531. The Morgan fingerprint density at radius 3 is 2.72 bits per heavy atom. The van der Waals surface area contributed by atoms with Crippen LogP contribution in [0.4, 0.5) is 18.0 Å². The fourth-order valence-electron chi connectivity index (χ4n) is 3.50. The highest BCUT2D eigenvalue weighted by atomic mass is 32.1. The molecule has 6 nitrogen and oxygen atoms in total. The number of amides is 2. The van der Waals surface area contributed by atoms with Crippen LogP contribution < -0.4 is 14.3 Å². The third kappa shape index (κ3) is 4.10. The molecule has 32 heavy (non-hydrogen) atoms. The van der Waals surface area contributed by atoms with Crippen molar-refractivity contribution >= 4 is 17.4 Å². The van der Waals surface area contributed by atoms with Crippen molar-refractivity contribution in [3.63, 3.8) is 0 Å². The number of rotatable bonds is 4. The maximum absolute atomic E-state index is 14.1. The number of urea groups is 1. The van der Waals surface area contributed by atoms with E-state index in [2.05, 4.69) is 14.5 Å². The summed E-state index contributed by atoms with van der Waals surface area (Å²) >= 11 is 1.28. The Balaban J connectivity index is 1.47. The average molecular weight is 461 g/mol. The molecule has 0 radical (unpaired) electrons. The first-order chi connectivity index (χ1) is 15.3. The van der Waals surface area contributed by atoms with Crippen molar-refractivity contribution in [3.05, 3.63) is 69.7 Å². The highest BCUT2D eigenvalue weighted by Gasteiger charge is 2.43. The van der Waals surface area contributed by atoms with E-state index in [1.165, 1.54) is 29.5 Å². The number of thiazole rings is 1. The maximum Gasteiger partial charge on any atom is 0.586 e. The van der Waals surface area contributed by atoms with E-state index in [4.69, 9.17) is 0 Å². The zero-order valence-corrected chi connectivity index (χ0v) is 17.7. The summed E-state index contributed by atoms with van der Waals surface area (Å²) in [7, 11) is 0. The van der Waals surface area contributed by atoms with Crippen molar-refractivity contribution in [1.29, 1.82) is 0 Å². The first kappa shape index (κ1) is 20.6. The minimum absolute atomic E-state index is 0.0214. The fraction of sp³-hybridized carbons (Fsp3) is 0.273. The largest absolute Gasteiger partial charge is 0.586 e. The molecule has 2 heterocycles. The van der Waals surface area contributed by atoms with E-state index in [0.717, 1.165) is 17.7 Å². The molecule has 0 unspecified atom stereocenters. The molecule has 1 saturated carbocycles. The number of hydrogen-bond donors (Lipinski definition) is 0. The lowest BCUT2D eigenvalue weighted by atomic mass is 10.2. The van der Waals surface area contributed by atoms with Gasteiger partial charge in [-0.25, -0.2) is 9.18 Å². The van der Waals surface area contributed by atoms with E-state index in [1.807, 2.05) is 6.92 Å². The summed E-state index contributed by atoms with van der Waals surface area (Å²) in [4.78, 5) is 20.2. The minimum Gasteiger partial charge on any atom is -0.395 e.